The molecule has 1 aromatic carbocycles. The summed E-state index contributed by atoms with van der Waals surface area (Å²) >= 11 is 0. The first-order valence-electron chi connectivity index (χ1n) is 11.9. The average molecular weight is 434 g/mol. The summed E-state index contributed by atoms with van der Waals surface area (Å²) in [5.41, 5.74) is 4.75. The standard InChI is InChI=1S/C26H31N3O3/c30-24(9-3-6-18-11-10-17-5-4-13-27-26(17)28-18)29-14-12-21-22(15-25(31)32)19-7-1-2-8-20(19)23(21)16-29/h1-2,7-8,10-11,21-23H,3-6,9,12-16H2,(H,27,28)(H,31,32)/t21-,22?,23+/m1/s1. The highest BCUT2D eigenvalue weighted by Gasteiger charge is 2.44. The maximum Gasteiger partial charge on any atom is 0.303 e. The van der Waals surface area contributed by atoms with Gasteiger partial charge in [-0.2, -0.15) is 0 Å². The van der Waals surface area contributed by atoms with Gasteiger partial charge in [-0.05, 0) is 66.7 Å². The number of carboxylic acids is 1. The summed E-state index contributed by atoms with van der Waals surface area (Å²) in [6, 6.07) is 12.5. The zero-order valence-electron chi connectivity index (χ0n) is 18.4. The number of amides is 1. The number of carbonyl (C=O) groups is 2. The number of hydrogen-bond acceptors (Lipinski definition) is 4. The monoisotopic (exact) mass is 433 g/mol. The van der Waals surface area contributed by atoms with E-state index in [1.807, 2.05) is 17.0 Å². The molecule has 1 fully saturated rings. The van der Waals surface area contributed by atoms with Crippen LogP contribution in [0.25, 0.3) is 0 Å². The maximum absolute atomic E-state index is 13.0. The molecule has 1 aromatic heterocycles. The first-order chi connectivity index (χ1) is 15.6. The van der Waals surface area contributed by atoms with Crippen molar-refractivity contribution in [2.24, 2.45) is 5.92 Å². The molecule has 32 heavy (non-hydrogen) atoms. The predicted molar refractivity (Wildman–Crippen MR) is 123 cm³/mol. The van der Waals surface area contributed by atoms with Gasteiger partial charge in [0.25, 0.3) is 0 Å². The zero-order chi connectivity index (χ0) is 22.1. The number of hydrogen-bond donors (Lipinski definition) is 2. The van der Waals surface area contributed by atoms with Crippen molar-refractivity contribution < 1.29 is 14.7 Å². The van der Waals surface area contributed by atoms with Gasteiger partial charge in [0.15, 0.2) is 0 Å². The minimum absolute atomic E-state index is 0.0645. The van der Waals surface area contributed by atoms with E-state index in [2.05, 4.69) is 29.6 Å². The van der Waals surface area contributed by atoms with Crippen LogP contribution in [0.2, 0.25) is 0 Å². The van der Waals surface area contributed by atoms with Gasteiger partial charge < -0.3 is 15.3 Å². The Kier molecular flexibility index (Phi) is 5.85. The van der Waals surface area contributed by atoms with Crippen LogP contribution in [-0.2, 0) is 22.4 Å². The van der Waals surface area contributed by atoms with Gasteiger partial charge in [-0.3, -0.25) is 9.59 Å². The lowest BCUT2D eigenvalue weighted by molar-refractivity contribution is -0.138. The van der Waals surface area contributed by atoms with Crippen LogP contribution in [0, 0.1) is 5.92 Å². The number of aryl methyl sites for hydroxylation is 2. The molecule has 5 rings (SSSR count). The number of aliphatic carboxylic acids is 1. The SMILES string of the molecule is O=C(O)CC1c2ccccc2[C@@H]2CN(C(=O)CCCc3ccc4c(n3)NCCC4)CC[C@H]12. The molecule has 0 bridgehead atoms. The first-order valence-corrected chi connectivity index (χ1v) is 11.9. The van der Waals surface area contributed by atoms with Crippen molar-refractivity contribution in [3.63, 3.8) is 0 Å². The van der Waals surface area contributed by atoms with E-state index in [0.717, 1.165) is 56.7 Å². The number of nitrogens with zero attached hydrogens (tertiary/aromatic N) is 2. The Morgan fingerprint density at radius 1 is 1.16 bits per heavy atom. The third-order valence-corrected chi connectivity index (χ3v) is 7.50. The fourth-order valence-electron chi connectivity index (χ4n) is 5.96. The molecule has 6 heteroatoms. The largest absolute Gasteiger partial charge is 0.481 e. The third kappa shape index (κ3) is 4.10. The molecular weight excluding hydrogens is 402 g/mol. The van der Waals surface area contributed by atoms with Crippen molar-refractivity contribution >= 4 is 17.7 Å². The quantitative estimate of drug-likeness (QED) is 0.720. The Morgan fingerprint density at radius 3 is 2.84 bits per heavy atom. The Bertz CT molecular complexity index is 1020. The number of likely N-dealkylation sites (tertiary alicyclic amines) is 1. The maximum atomic E-state index is 13.0. The number of rotatable bonds is 6. The van der Waals surface area contributed by atoms with Crippen LogP contribution in [0.4, 0.5) is 5.82 Å². The number of aromatic nitrogens is 1. The minimum atomic E-state index is -0.741. The summed E-state index contributed by atoms with van der Waals surface area (Å²) in [6.07, 6.45) is 5.43. The molecule has 2 aromatic rings. The number of carbonyl (C=O) groups excluding carboxylic acids is 1. The summed E-state index contributed by atoms with van der Waals surface area (Å²) in [4.78, 5) is 31.2. The van der Waals surface area contributed by atoms with Gasteiger partial charge in [0, 0.05) is 37.7 Å². The van der Waals surface area contributed by atoms with Crippen molar-refractivity contribution in [1.29, 1.82) is 0 Å². The molecule has 1 saturated heterocycles. The van der Waals surface area contributed by atoms with E-state index in [1.54, 1.807) is 0 Å². The summed E-state index contributed by atoms with van der Waals surface area (Å²) in [5.74, 6) is 1.11. The molecule has 0 spiro atoms. The first kappa shape index (κ1) is 21.0. The Hall–Kier alpha value is -2.89. The number of fused-ring (bicyclic) bond motifs is 4. The van der Waals surface area contributed by atoms with Gasteiger partial charge in [0.2, 0.25) is 5.91 Å². The van der Waals surface area contributed by atoms with E-state index < -0.39 is 5.97 Å². The molecule has 2 aliphatic heterocycles. The predicted octanol–water partition coefficient (Wildman–Crippen LogP) is 3.97. The fraction of sp³-hybridized carbons (Fsp3) is 0.500. The Morgan fingerprint density at radius 2 is 2.00 bits per heavy atom. The number of carboxylic acid groups (broad SMARTS) is 1. The van der Waals surface area contributed by atoms with Crippen molar-refractivity contribution in [2.75, 3.05) is 25.0 Å². The highest BCUT2D eigenvalue weighted by Crippen LogP contribution is 2.51. The van der Waals surface area contributed by atoms with E-state index in [1.165, 1.54) is 16.7 Å². The molecule has 1 aliphatic carbocycles. The second-order valence-corrected chi connectivity index (χ2v) is 9.43. The van der Waals surface area contributed by atoms with E-state index in [-0.39, 0.29) is 24.2 Å². The van der Waals surface area contributed by atoms with E-state index in [0.29, 0.717) is 18.9 Å². The zero-order valence-corrected chi connectivity index (χ0v) is 18.4. The molecule has 0 saturated carbocycles. The van der Waals surface area contributed by atoms with Crippen LogP contribution in [0.3, 0.4) is 0 Å². The van der Waals surface area contributed by atoms with Crippen LogP contribution in [0.15, 0.2) is 36.4 Å². The Balaban J connectivity index is 1.19. The van der Waals surface area contributed by atoms with Crippen molar-refractivity contribution in [3.8, 4) is 0 Å². The number of benzene rings is 1. The number of nitrogens with one attached hydrogen (secondary N) is 1. The molecule has 1 amide bonds. The Labute approximate surface area is 189 Å². The topological polar surface area (TPSA) is 82.5 Å². The molecule has 168 valence electrons. The van der Waals surface area contributed by atoms with Gasteiger partial charge in [0.05, 0.1) is 6.42 Å². The van der Waals surface area contributed by atoms with Gasteiger partial charge in [0.1, 0.15) is 5.82 Å². The summed E-state index contributed by atoms with van der Waals surface area (Å²) in [7, 11) is 0. The molecule has 3 aliphatic rings. The fourth-order valence-corrected chi connectivity index (χ4v) is 5.96. The molecule has 1 unspecified atom stereocenters. The smallest absolute Gasteiger partial charge is 0.303 e. The third-order valence-electron chi connectivity index (χ3n) is 7.50. The summed E-state index contributed by atoms with van der Waals surface area (Å²) in [6.45, 7) is 2.41. The number of anilines is 1. The van der Waals surface area contributed by atoms with Crippen LogP contribution in [0.5, 0.6) is 0 Å². The van der Waals surface area contributed by atoms with Gasteiger partial charge in [-0.1, -0.05) is 30.3 Å². The van der Waals surface area contributed by atoms with E-state index >= 15 is 0 Å². The van der Waals surface area contributed by atoms with Crippen molar-refractivity contribution in [1.82, 2.24) is 9.88 Å². The average Bonchev–Trinajstić information content (AvgIpc) is 3.11. The van der Waals surface area contributed by atoms with E-state index in [4.69, 9.17) is 4.98 Å². The van der Waals surface area contributed by atoms with Crippen LogP contribution >= 0.6 is 0 Å². The second-order valence-electron chi connectivity index (χ2n) is 9.43. The van der Waals surface area contributed by atoms with Gasteiger partial charge in [-0.25, -0.2) is 4.98 Å². The van der Waals surface area contributed by atoms with Crippen LogP contribution < -0.4 is 5.32 Å². The highest BCUT2D eigenvalue weighted by atomic mass is 16.4. The van der Waals surface area contributed by atoms with Gasteiger partial charge >= 0.3 is 5.97 Å². The lowest BCUT2D eigenvalue weighted by Gasteiger charge is -2.37. The molecule has 3 heterocycles. The number of pyridine rings is 1. The van der Waals surface area contributed by atoms with Gasteiger partial charge in [-0.15, -0.1) is 0 Å². The van der Waals surface area contributed by atoms with E-state index in [9.17, 15) is 14.7 Å². The molecular formula is C26H31N3O3. The van der Waals surface area contributed by atoms with Crippen LogP contribution in [0.1, 0.15) is 66.3 Å². The normalized spacial score (nSPS) is 23.6. The van der Waals surface area contributed by atoms with Crippen molar-refractivity contribution in [2.45, 2.75) is 56.8 Å². The molecule has 3 atom stereocenters. The molecule has 2 N–H and O–H groups in total. The summed E-state index contributed by atoms with van der Waals surface area (Å²) in [5, 5.41) is 12.8. The second kappa shape index (κ2) is 8.93. The lowest BCUT2D eigenvalue weighted by atomic mass is 9.80. The summed E-state index contributed by atoms with van der Waals surface area (Å²) < 4.78 is 0. The minimum Gasteiger partial charge on any atom is -0.481 e. The highest BCUT2D eigenvalue weighted by molar-refractivity contribution is 5.76. The van der Waals surface area contributed by atoms with Crippen molar-refractivity contribution in [3.05, 3.63) is 58.8 Å². The van der Waals surface area contributed by atoms with Crippen LogP contribution in [-0.4, -0.2) is 46.5 Å². The molecule has 0 radical (unpaired) electrons. The lowest BCUT2D eigenvalue weighted by Crippen LogP contribution is -2.42. The number of piperidine rings is 1. The molecule has 6 nitrogen and oxygen atoms in total.